The second-order valence-corrected chi connectivity index (χ2v) is 3.94. The van der Waals surface area contributed by atoms with Crippen molar-refractivity contribution >= 4 is 5.78 Å². The van der Waals surface area contributed by atoms with E-state index >= 15 is 0 Å². The first kappa shape index (κ1) is 12.0. The quantitative estimate of drug-likeness (QED) is 0.712. The molecule has 84 valence electrons. The first-order valence-electron chi connectivity index (χ1n) is 5.73. The number of rotatable bonds is 0. The normalized spacial score (nSPS) is 25.7. The van der Waals surface area contributed by atoms with Crippen LogP contribution in [-0.2, 0) is 4.79 Å². The van der Waals surface area contributed by atoms with E-state index < -0.39 is 0 Å². The summed E-state index contributed by atoms with van der Waals surface area (Å²) in [6, 6.07) is 1.92. The molecule has 3 rings (SSSR count). The molecule has 0 spiro atoms. The topological polar surface area (TPSA) is 45.8 Å². The molecule has 2 fully saturated rings. The first-order chi connectivity index (χ1) is 7.25. The molecular formula is C12H20N2O. The molecule has 3 heteroatoms. The van der Waals surface area contributed by atoms with Crippen molar-refractivity contribution in [3.05, 3.63) is 18.0 Å². The Kier molecular flexibility index (Phi) is 4.53. The molecule has 1 aromatic rings. The third kappa shape index (κ3) is 3.86. The Morgan fingerprint density at radius 1 is 1.33 bits per heavy atom. The zero-order valence-corrected chi connectivity index (χ0v) is 9.79. The van der Waals surface area contributed by atoms with E-state index in [9.17, 15) is 4.79 Å². The molecule has 1 aromatic heterocycles. The van der Waals surface area contributed by atoms with Gasteiger partial charge in [0, 0.05) is 24.7 Å². The Bertz CT molecular complexity index is 281. The fraction of sp³-hybridized carbons (Fsp3) is 0.667. The molecule has 0 aromatic carbocycles. The number of H-pyrrole nitrogens is 1. The Hall–Kier alpha value is -1.12. The number of hydrogen-bond acceptors (Lipinski definition) is 2. The van der Waals surface area contributed by atoms with Gasteiger partial charge in [-0.1, -0.05) is 13.8 Å². The lowest BCUT2D eigenvalue weighted by atomic mass is 10.2. The van der Waals surface area contributed by atoms with Gasteiger partial charge in [-0.15, -0.1) is 0 Å². The molecule has 2 saturated carbocycles. The number of aryl methyl sites for hydroxylation is 1. The predicted molar refractivity (Wildman–Crippen MR) is 60.5 cm³/mol. The highest BCUT2D eigenvalue weighted by atomic mass is 16.1. The highest BCUT2D eigenvalue weighted by molar-refractivity contribution is 5.82. The summed E-state index contributed by atoms with van der Waals surface area (Å²) in [5, 5.41) is 6.45. The van der Waals surface area contributed by atoms with Gasteiger partial charge in [-0.05, 0) is 31.2 Å². The van der Waals surface area contributed by atoms with Crippen LogP contribution >= 0.6 is 0 Å². The number of nitrogens with zero attached hydrogens (tertiary/aromatic N) is 1. The lowest BCUT2D eigenvalue weighted by Crippen LogP contribution is -1.89. The van der Waals surface area contributed by atoms with Crippen molar-refractivity contribution in [2.75, 3.05) is 0 Å². The van der Waals surface area contributed by atoms with Gasteiger partial charge in [0.1, 0.15) is 5.78 Å². The summed E-state index contributed by atoms with van der Waals surface area (Å²) >= 11 is 0. The Labute approximate surface area is 91.3 Å². The predicted octanol–water partition coefficient (Wildman–Crippen LogP) is 2.73. The molecule has 2 aliphatic rings. The smallest absolute Gasteiger partial charge is 0.133 e. The van der Waals surface area contributed by atoms with Crippen LogP contribution in [0.4, 0.5) is 0 Å². The summed E-state index contributed by atoms with van der Waals surface area (Å²) in [6.07, 6.45) is 4.90. The minimum absolute atomic E-state index is 0.501. The SMILES string of the molecule is CC.Cc1ccn[nH]1.O=C1CC2CC2C1. The summed E-state index contributed by atoms with van der Waals surface area (Å²) < 4.78 is 0. The molecule has 0 aliphatic heterocycles. The summed E-state index contributed by atoms with van der Waals surface area (Å²) in [4.78, 5) is 10.5. The van der Waals surface area contributed by atoms with Gasteiger partial charge >= 0.3 is 0 Å². The number of nitrogens with one attached hydrogen (secondary N) is 1. The summed E-state index contributed by atoms with van der Waals surface area (Å²) in [5.74, 6) is 2.18. The number of hydrogen-bond donors (Lipinski definition) is 1. The van der Waals surface area contributed by atoms with Crippen molar-refractivity contribution in [3.63, 3.8) is 0 Å². The molecule has 0 bridgehead atoms. The monoisotopic (exact) mass is 208 g/mol. The van der Waals surface area contributed by atoms with Gasteiger partial charge in [0.05, 0.1) is 0 Å². The second kappa shape index (κ2) is 5.69. The van der Waals surface area contributed by atoms with Crippen LogP contribution in [0, 0.1) is 18.8 Å². The number of ketones is 1. The van der Waals surface area contributed by atoms with E-state index in [1.807, 2.05) is 26.8 Å². The van der Waals surface area contributed by atoms with Gasteiger partial charge in [-0.25, -0.2) is 0 Å². The van der Waals surface area contributed by atoms with Crippen LogP contribution in [0.2, 0.25) is 0 Å². The van der Waals surface area contributed by atoms with Gasteiger partial charge in [-0.2, -0.15) is 5.10 Å². The van der Waals surface area contributed by atoms with Crippen LogP contribution in [0.15, 0.2) is 12.3 Å². The van der Waals surface area contributed by atoms with Crippen LogP contribution in [0.1, 0.15) is 38.8 Å². The lowest BCUT2D eigenvalue weighted by molar-refractivity contribution is -0.118. The number of aromatic amines is 1. The van der Waals surface area contributed by atoms with Crippen LogP contribution in [0.5, 0.6) is 0 Å². The van der Waals surface area contributed by atoms with E-state index in [2.05, 4.69) is 10.2 Å². The molecule has 0 saturated heterocycles. The molecule has 0 amide bonds. The Morgan fingerprint density at radius 3 is 2.13 bits per heavy atom. The maximum Gasteiger partial charge on any atom is 0.133 e. The average molecular weight is 208 g/mol. The second-order valence-electron chi connectivity index (χ2n) is 3.94. The third-order valence-electron chi connectivity index (χ3n) is 2.69. The fourth-order valence-corrected chi connectivity index (χ4v) is 1.80. The van der Waals surface area contributed by atoms with Crippen molar-refractivity contribution in [1.29, 1.82) is 0 Å². The molecular weight excluding hydrogens is 188 g/mol. The van der Waals surface area contributed by atoms with Crippen molar-refractivity contribution in [2.45, 2.75) is 40.0 Å². The molecule has 2 aliphatic carbocycles. The van der Waals surface area contributed by atoms with Crippen LogP contribution in [0.25, 0.3) is 0 Å². The van der Waals surface area contributed by atoms with Gasteiger partial charge < -0.3 is 0 Å². The maximum absolute atomic E-state index is 10.5. The minimum atomic E-state index is 0.501. The average Bonchev–Trinajstić information content (AvgIpc) is 2.68. The molecule has 2 atom stereocenters. The van der Waals surface area contributed by atoms with Crippen LogP contribution in [-0.4, -0.2) is 16.0 Å². The van der Waals surface area contributed by atoms with E-state index in [4.69, 9.17) is 0 Å². The zero-order chi connectivity index (χ0) is 11.3. The lowest BCUT2D eigenvalue weighted by Gasteiger charge is -1.82. The molecule has 1 heterocycles. The summed E-state index contributed by atoms with van der Waals surface area (Å²) in [6.45, 7) is 5.97. The van der Waals surface area contributed by atoms with E-state index in [0.29, 0.717) is 5.78 Å². The molecule has 1 N–H and O–H groups in total. The molecule has 3 nitrogen and oxygen atoms in total. The van der Waals surface area contributed by atoms with E-state index in [0.717, 1.165) is 30.4 Å². The zero-order valence-electron chi connectivity index (χ0n) is 9.79. The number of carbonyl (C=O) groups is 1. The van der Waals surface area contributed by atoms with Gasteiger partial charge in [0.2, 0.25) is 0 Å². The number of Topliss-reactive ketones (excluding diaryl/α,β-unsaturated/α-hetero) is 1. The Morgan fingerprint density at radius 2 is 1.93 bits per heavy atom. The molecule has 2 unspecified atom stereocenters. The van der Waals surface area contributed by atoms with Crippen LogP contribution < -0.4 is 0 Å². The Balaban J connectivity index is 0.000000131. The number of carbonyl (C=O) groups excluding carboxylic acids is 1. The first-order valence-corrected chi connectivity index (χ1v) is 5.73. The fourth-order valence-electron chi connectivity index (χ4n) is 1.80. The highest BCUT2D eigenvalue weighted by Crippen LogP contribution is 2.49. The molecule has 15 heavy (non-hydrogen) atoms. The van der Waals surface area contributed by atoms with Crippen molar-refractivity contribution in [2.24, 2.45) is 11.8 Å². The van der Waals surface area contributed by atoms with Crippen molar-refractivity contribution < 1.29 is 4.79 Å². The largest absolute Gasteiger partial charge is 0.300 e. The highest BCUT2D eigenvalue weighted by Gasteiger charge is 2.45. The summed E-state index contributed by atoms with van der Waals surface area (Å²) in [5.41, 5.74) is 1.11. The van der Waals surface area contributed by atoms with Crippen molar-refractivity contribution in [3.8, 4) is 0 Å². The summed E-state index contributed by atoms with van der Waals surface area (Å²) in [7, 11) is 0. The number of aromatic nitrogens is 2. The van der Waals surface area contributed by atoms with Gasteiger partial charge in [0.25, 0.3) is 0 Å². The van der Waals surface area contributed by atoms with Gasteiger partial charge in [0.15, 0.2) is 0 Å². The van der Waals surface area contributed by atoms with Crippen molar-refractivity contribution in [1.82, 2.24) is 10.2 Å². The van der Waals surface area contributed by atoms with E-state index in [1.165, 1.54) is 6.42 Å². The van der Waals surface area contributed by atoms with Crippen LogP contribution in [0.3, 0.4) is 0 Å². The maximum atomic E-state index is 10.5. The minimum Gasteiger partial charge on any atom is -0.300 e. The van der Waals surface area contributed by atoms with E-state index in [-0.39, 0.29) is 0 Å². The van der Waals surface area contributed by atoms with E-state index in [1.54, 1.807) is 6.20 Å². The standard InChI is InChI=1S/C6H8O.C4H6N2.C2H6/c7-6-2-4-1-5(4)3-6;1-4-2-3-5-6-4;1-2/h4-5H,1-3H2;2-3H,1H3,(H,5,6);1-2H3. The van der Waals surface area contributed by atoms with Gasteiger partial charge in [-0.3, -0.25) is 9.89 Å². The number of fused-ring (bicyclic) bond motifs is 1. The third-order valence-corrected chi connectivity index (χ3v) is 2.69. The molecule has 0 radical (unpaired) electrons.